The Morgan fingerprint density at radius 1 is 1.09 bits per heavy atom. The molecule has 2 saturated heterocycles. The second kappa shape index (κ2) is 11.1. The van der Waals surface area contributed by atoms with E-state index in [-0.39, 0.29) is 57.4 Å². The fourth-order valence-corrected chi connectivity index (χ4v) is 3.84. The molecule has 9 nitrogen and oxygen atoms in total. The predicted molar refractivity (Wildman–Crippen MR) is 125 cm³/mol. The van der Waals surface area contributed by atoms with Gasteiger partial charge in [-0.1, -0.05) is 19.6 Å². The molecule has 11 heteroatoms. The standard InChI is InChI=1S/C23H24F2N4O5.CH4/c1-15(30)26-13-17-14-28(23(32)34-17)16-6-7-21(20(25)12-16)27-8-9-29(33-11-10-27)22(31)18-4-2-3-5-19(18)24;/h2-7,12,17H,8-11,13-14H2,1H3,(H,26,30);1H4/t17-;/m0./s1. The summed E-state index contributed by atoms with van der Waals surface area (Å²) >= 11 is 0. The molecule has 2 aromatic carbocycles. The lowest BCUT2D eigenvalue weighted by Crippen LogP contribution is -2.35. The third-order valence-corrected chi connectivity index (χ3v) is 5.55. The largest absolute Gasteiger partial charge is 0.442 e. The first kappa shape index (κ1) is 25.9. The lowest BCUT2D eigenvalue weighted by atomic mass is 10.2. The van der Waals surface area contributed by atoms with Crippen LogP contribution in [0, 0.1) is 11.6 Å². The van der Waals surface area contributed by atoms with Gasteiger partial charge in [-0.05, 0) is 30.3 Å². The first-order valence-electron chi connectivity index (χ1n) is 10.8. The molecule has 188 valence electrons. The maximum absolute atomic E-state index is 15.0. The molecule has 0 aliphatic carbocycles. The number of carbonyl (C=O) groups is 3. The number of nitrogens with zero attached hydrogens (tertiary/aromatic N) is 3. The van der Waals surface area contributed by atoms with Gasteiger partial charge in [0.25, 0.3) is 5.91 Å². The number of hydrogen-bond donors (Lipinski definition) is 1. The molecule has 1 N–H and O–H groups in total. The van der Waals surface area contributed by atoms with Crippen LogP contribution in [0.25, 0.3) is 0 Å². The Hall–Kier alpha value is -3.73. The van der Waals surface area contributed by atoms with E-state index in [0.717, 1.165) is 5.06 Å². The average Bonchev–Trinajstić information content (AvgIpc) is 3.01. The number of rotatable bonds is 5. The summed E-state index contributed by atoms with van der Waals surface area (Å²) in [6.45, 7) is 2.51. The fourth-order valence-electron chi connectivity index (χ4n) is 3.84. The maximum atomic E-state index is 15.0. The third kappa shape index (κ3) is 5.86. The molecule has 0 spiro atoms. The van der Waals surface area contributed by atoms with Gasteiger partial charge < -0.3 is 15.0 Å². The van der Waals surface area contributed by atoms with E-state index in [1.54, 1.807) is 23.1 Å². The second-order valence-corrected chi connectivity index (χ2v) is 7.90. The molecule has 2 aliphatic heterocycles. The highest BCUT2D eigenvalue weighted by molar-refractivity contribution is 5.94. The van der Waals surface area contributed by atoms with Crippen LogP contribution in [0.15, 0.2) is 42.5 Å². The van der Waals surface area contributed by atoms with Crippen LogP contribution in [0.5, 0.6) is 0 Å². The van der Waals surface area contributed by atoms with Crippen LogP contribution in [-0.4, -0.2) is 68.4 Å². The molecule has 0 aromatic heterocycles. The van der Waals surface area contributed by atoms with E-state index < -0.39 is 29.7 Å². The highest BCUT2D eigenvalue weighted by atomic mass is 19.1. The zero-order valence-corrected chi connectivity index (χ0v) is 18.5. The zero-order valence-electron chi connectivity index (χ0n) is 18.5. The summed E-state index contributed by atoms with van der Waals surface area (Å²) in [5.74, 6) is -2.03. The predicted octanol–water partition coefficient (Wildman–Crippen LogP) is 2.96. The van der Waals surface area contributed by atoms with Gasteiger partial charge >= 0.3 is 6.09 Å². The minimum Gasteiger partial charge on any atom is -0.442 e. The van der Waals surface area contributed by atoms with E-state index in [9.17, 15) is 18.8 Å². The number of hydrogen-bond acceptors (Lipinski definition) is 6. The Labute approximate surface area is 202 Å². The first-order chi connectivity index (χ1) is 16.3. The highest BCUT2D eigenvalue weighted by Gasteiger charge is 2.33. The van der Waals surface area contributed by atoms with E-state index in [2.05, 4.69) is 5.32 Å². The van der Waals surface area contributed by atoms with Crippen LogP contribution in [0.4, 0.5) is 25.0 Å². The minimum atomic E-state index is -0.640. The molecule has 2 aliphatic rings. The molecule has 0 unspecified atom stereocenters. The molecule has 2 heterocycles. The van der Waals surface area contributed by atoms with Gasteiger partial charge in [-0.15, -0.1) is 0 Å². The van der Waals surface area contributed by atoms with Crippen LogP contribution in [0.3, 0.4) is 0 Å². The average molecular weight is 491 g/mol. The monoisotopic (exact) mass is 490 g/mol. The number of benzene rings is 2. The Bertz CT molecular complexity index is 1100. The van der Waals surface area contributed by atoms with Gasteiger partial charge in [0.15, 0.2) is 0 Å². The SMILES string of the molecule is C.CC(=O)NC[C@H]1CN(c2ccc(N3CCON(C(=O)c4ccccc4F)CC3)c(F)c2)C(=O)O1. The van der Waals surface area contributed by atoms with Gasteiger partial charge in [-0.2, -0.15) is 0 Å². The quantitative estimate of drug-likeness (QED) is 0.693. The second-order valence-electron chi connectivity index (χ2n) is 7.90. The lowest BCUT2D eigenvalue weighted by Gasteiger charge is -2.24. The molecule has 4 rings (SSSR count). The van der Waals surface area contributed by atoms with E-state index in [4.69, 9.17) is 9.57 Å². The Morgan fingerprint density at radius 2 is 1.86 bits per heavy atom. The minimum absolute atomic E-state index is 0. The van der Waals surface area contributed by atoms with Crippen molar-refractivity contribution in [3.05, 3.63) is 59.7 Å². The molecule has 1 atom stereocenters. The van der Waals surface area contributed by atoms with E-state index in [1.165, 1.54) is 36.1 Å². The number of carbonyl (C=O) groups excluding carboxylic acids is 3. The summed E-state index contributed by atoms with van der Waals surface area (Å²) in [6, 6.07) is 10.0. The number of anilines is 2. The molecular formula is C24H28F2N4O5. The van der Waals surface area contributed by atoms with Gasteiger partial charge in [0.2, 0.25) is 5.91 Å². The van der Waals surface area contributed by atoms with E-state index >= 15 is 4.39 Å². The van der Waals surface area contributed by atoms with Crippen molar-refractivity contribution in [2.45, 2.75) is 20.5 Å². The maximum Gasteiger partial charge on any atom is 0.414 e. The number of ether oxygens (including phenoxy) is 1. The van der Waals surface area contributed by atoms with Crippen LogP contribution in [-0.2, 0) is 14.4 Å². The number of amides is 3. The van der Waals surface area contributed by atoms with Crippen LogP contribution in [0.2, 0.25) is 0 Å². The number of cyclic esters (lactones) is 1. The molecule has 2 aromatic rings. The summed E-state index contributed by atoms with van der Waals surface area (Å²) in [5.41, 5.74) is 0.523. The Morgan fingerprint density at radius 3 is 2.57 bits per heavy atom. The van der Waals surface area contributed by atoms with Crippen molar-refractivity contribution >= 4 is 29.3 Å². The Kier molecular flexibility index (Phi) is 8.23. The molecule has 0 bridgehead atoms. The molecular weight excluding hydrogens is 462 g/mol. The number of nitrogens with one attached hydrogen (secondary N) is 1. The molecule has 3 amide bonds. The number of halogens is 2. The van der Waals surface area contributed by atoms with Crippen molar-refractivity contribution < 1.29 is 32.7 Å². The molecule has 2 fully saturated rings. The summed E-state index contributed by atoms with van der Waals surface area (Å²) < 4.78 is 34.2. The molecule has 0 saturated carbocycles. The van der Waals surface area contributed by atoms with Crippen molar-refractivity contribution in [3.8, 4) is 0 Å². The van der Waals surface area contributed by atoms with Crippen molar-refractivity contribution in [2.75, 3.05) is 49.1 Å². The summed E-state index contributed by atoms with van der Waals surface area (Å²) in [7, 11) is 0. The molecule has 0 radical (unpaired) electrons. The smallest absolute Gasteiger partial charge is 0.414 e. The van der Waals surface area contributed by atoms with Gasteiger partial charge in [0.05, 0.1) is 43.2 Å². The molecule has 35 heavy (non-hydrogen) atoms. The van der Waals surface area contributed by atoms with Crippen LogP contribution in [0.1, 0.15) is 24.7 Å². The van der Waals surface area contributed by atoms with Crippen LogP contribution >= 0.6 is 0 Å². The summed E-state index contributed by atoms with van der Waals surface area (Å²) in [6.07, 6.45) is -1.15. The highest BCUT2D eigenvalue weighted by Crippen LogP contribution is 2.28. The normalized spacial score (nSPS) is 18.0. The van der Waals surface area contributed by atoms with Gasteiger partial charge in [-0.25, -0.2) is 18.6 Å². The third-order valence-electron chi connectivity index (χ3n) is 5.55. The van der Waals surface area contributed by atoms with E-state index in [0.29, 0.717) is 12.2 Å². The number of hydroxylamine groups is 2. The zero-order chi connectivity index (χ0) is 24.2. The van der Waals surface area contributed by atoms with Gasteiger partial charge in [0.1, 0.15) is 17.7 Å². The fraction of sp³-hybridized carbons (Fsp3) is 0.375. The lowest BCUT2D eigenvalue weighted by molar-refractivity contribution is -0.119. The van der Waals surface area contributed by atoms with Crippen molar-refractivity contribution in [2.24, 2.45) is 0 Å². The summed E-state index contributed by atoms with van der Waals surface area (Å²) in [5, 5.41) is 3.67. The van der Waals surface area contributed by atoms with Gasteiger partial charge in [-0.3, -0.25) is 19.3 Å². The topological polar surface area (TPSA) is 91.4 Å². The van der Waals surface area contributed by atoms with Crippen molar-refractivity contribution in [1.82, 2.24) is 10.4 Å². The first-order valence-corrected chi connectivity index (χ1v) is 10.8. The van der Waals surface area contributed by atoms with Gasteiger partial charge in [0, 0.05) is 20.0 Å². The Balaban J connectivity index is 0.00000342. The van der Waals surface area contributed by atoms with Crippen molar-refractivity contribution in [3.63, 3.8) is 0 Å². The van der Waals surface area contributed by atoms with Crippen LogP contribution < -0.4 is 15.1 Å². The van der Waals surface area contributed by atoms with Crippen molar-refractivity contribution in [1.29, 1.82) is 0 Å². The van der Waals surface area contributed by atoms with E-state index in [1.807, 2.05) is 0 Å². The summed E-state index contributed by atoms with van der Waals surface area (Å²) in [4.78, 5) is 44.4.